The first-order chi connectivity index (χ1) is 5.86. The molecule has 0 radical (unpaired) electrons. The van der Waals surface area contributed by atoms with Crippen LogP contribution in [-0.4, -0.2) is 31.3 Å². The summed E-state index contributed by atoms with van der Waals surface area (Å²) in [6, 6.07) is 0. The van der Waals surface area contributed by atoms with Crippen LogP contribution < -0.4 is 10.6 Å². The number of ether oxygens (including phenoxy) is 1. The van der Waals surface area contributed by atoms with Gasteiger partial charge in [0.25, 0.3) is 0 Å². The Labute approximate surface area is 75.0 Å². The lowest BCUT2D eigenvalue weighted by molar-refractivity contribution is 0.122. The quantitative estimate of drug-likeness (QED) is 0.694. The SMILES string of the molecule is Nc1nc(N2CCOCC2)cs1. The van der Waals surface area contributed by atoms with Crippen molar-refractivity contribution in [1.29, 1.82) is 0 Å². The van der Waals surface area contributed by atoms with Gasteiger partial charge in [-0.05, 0) is 0 Å². The first kappa shape index (κ1) is 7.82. The molecular formula is C7H11N3OS. The van der Waals surface area contributed by atoms with E-state index in [2.05, 4.69) is 9.88 Å². The minimum absolute atomic E-state index is 0.636. The molecule has 1 aliphatic heterocycles. The number of nitrogen functional groups attached to an aromatic ring is 1. The van der Waals surface area contributed by atoms with Gasteiger partial charge in [0, 0.05) is 18.5 Å². The van der Waals surface area contributed by atoms with Gasteiger partial charge >= 0.3 is 0 Å². The van der Waals surface area contributed by atoms with E-state index in [4.69, 9.17) is 10.5 Å². The number of thiazole rings is 1. The van der Waals surface area contributed by atoms with E-state index in [1.54, 1.807) is 0 Å². The Hall–Kier alpha value is -0.810. The number of rotatable bonds is 1. The van der Waals surface area contributed by atoms with E-state index in [1.807, 2.05) is 5.38 Å². The molecule has 0 aromatic carbocycles. The second kappa shape index (κ2) is 3.28. The molecule has 12 heavy (non-hydrogen) atoms. The van der Waals surface area contributed by atoms with Crippen LogP contribution in [0.4, 0.5) is 10.9 Å². The summed E-state index contributed by atoms with van der Waals surface area (Å²) in [5.74, 6) is 0.987. The third-order valence-electron chi connectivity index (χ3n) is 1.84. The first-order valence-electron chi connectivity index (χ1n) is 3.90. The Kier molecular flexibility index (Phi) is 2.14. The highest BCUT2D eigenvalue weighted by Gasteiger charge is 2.12. The molecule has 2 rings (SSSR count). The van der Waals surface area contributed by atoms with Crippen LogP contribution in [0.5, 0.6) is 0 Å². The summed E-state index contributed by atoms with van der Waals surface area (Å²) in [7, 11) is 0. The van der Waals surface area contributed by atoms with Crippen molar-refractivity contribution in [2.24, 2.45) is 0 Å². The summed E-state index contributed by atoms with van der Waals surface area (Å²) in [5.41, 5.74) is 5.53. The molecule has 1 saturated heterocycles. The zero-order chi connectivity index (χ0) is 8.39. The maximum Gasteiger partial charge on any atom is 0.182 e. The van der Waals surface area contributed by atoms with E-state index in [-0.39, 0.29) is 0 Å². The van der Waals surface area contributed by atoms with Gasteiger partial charge in [0.2, 0.25) is 0 Å². The first-order valence-corrected chi connectivity index (χ1v) is 4.78. The molecule has 0 saturated carbocycles. The van der Waals surface area contributed by atoms with Crippen molar-refractivity contribution < 1.29 is 4.74 Å². The number of nitrogens with zero attached hydrogens (tertiary/aromatic N) is 2. The van der Waals surface area contributed by atoms with Crippen molar-refractivity contribution in [3.8, 4) is 0 Å². The fourth-order valence-electron chi connectivity index (χ4n) is 1.22. The summed E-state index contributed by atoms with van der Waals surface area (Å²) in [6.45, 7) is 3.42. The molecule has 0 spiro atoms. The lowest BCUT2D eigenvalue weighted by Gasteiger charge is -2.26. The molecule has 5 heteroatoms. The van der Waals surface area contributed by atoms with Gasteiger partial charge in [-0.2, -0.15) is 0 Å². The summed E-state index contributed by atoms with van der Waals surface area (Å²) >= 11 is 1.48. The summed E-state index contributed by atoms with van der Waals surface area (Å²) in [5, 5.41) is 2.62. The standard InChI is InChI=1S/C7H11N3OS/c8-7-9-6(5-12-7)10-1-3-11-4-2-10/h5H,1-4H2,(H2,8,9). The van der Waals surface area contributed by atoms with Crippen LogP contribution in [0, 0.1) is 0 Å². The number of hydrogen-bond donors (Lipinski definition) is 1. The highest BCUT2D eigenvalue weighted by Crippen LogP contribution is 2.20. The Morgan fingerprint density at radius 2 is 2.25 bits per heavy atom. The summed E-state index contributed by atoms with van der Waals surface area (Å²) in [4.78, 5) is 6.39. The fraction of sp³-hybridized carbons (Fsp3) is 0.571. The fourth-order valence-corrected chi connectivity index (χ4v) is 1.79. The molecular weight excluding hydrogens is 174 g/mol. The average molecular weight is 185 g/mol. The van der Waals surface area contributed by atoms with Gasteiger partial charge in [-0.3, -0.25) is 0 Å². The third-order valence-corrected chi connectivity index (χ3v) is 2.51. The van der Waals surface area contributed by atoms with E-state index in [1.165, 1.54) is 11.3 Å². The van der Waals surface area contributed by atoms with Gasteiger partial charge in [-0.1, -0.05) is 0 Å². The van der Waals surface area contributed by atoms with E-state index < -0.39 is 0 Å². The van der Waals surface area contributed by atoms with Crippen LogP contribution in [-0.2, 0) is 4.74 Å². The zero-order valence-corrected chi connectivity index (χ0v) is 7.51. The molecule has 2 heterocycles. The van der Waals surface area contributed by atoms with Gasteiger partial charge in [-0.15, -0.1) is 11.3 Å². The maximum atomic E-state index is 5.53. The number of anilines is 2. The number of nitrogens with two attached hydrogens (primary N) is 1. The van der Waals surface area contributed by atoms with Crippen LogP contribution in [0.3, 0.4) is 0 Å². The molecule has 1 fully saturated rings. The molecule has 66 valence electrons. The van der Waals surface area contributed by atoms with Crippen molar-refractivity contribution >= 4 is 22.3 Å². The minimum atomic E-state index is 0.636. The molecule has 1 aromatic heterocycles. The number of aromatic nitrogens is 1. The Morgan fingerprint density at radius 1 is 1.50 bits per heavy atom. The molecule has 0 atom stereocenters. The summed E-state index contributed by atoms with van der Waals surface area (Å²) in [6.07, 6.45) is 0. The Morgan fingerprint density at radius 3 is 2.83 bits per heavy atom. The molecule has 0 aliphatic carbocycles. The van der Waals surface area contributed by atoms with Crippen LogP contribution in [0.1, 0.15) is 0 Å². The molecule has 2 N–H and O–H groups in total. The smallest absolute Gasteiger partial charge is 0.182 e. The monoisotopic (exact) mass is 185 g/mol. The highest BCUT2D eigenvalue weighted by atomic mass is 32.1. The van der Waals surface area contributed by atoms with Gasteiger partial charge in [0.1, 0.15) is 5.82 Å². The van der Waals surface area contributed by atoms with Gasteiger partial charge in [0.05, 0.1) is 13.2 Å². The zero-order valence-electron chi connectivity index (χ0n) is 6.69. The van der Waals surface area contributed by atoms with Crippen molar-refractivity contribution in [1.82, 2.24) is 4.98 Å². The number of hydrogen-bond acceptors (Lipinski definition) is 5. The van der Waals surface area contributed by atoms with E-state index in [0.717, 1.165) is 32.1 Å². The Balaban J connectivity index is 2.08. The van der Waals surface area contributed by atoms with E-state index in [0.29, 0.717) is 5.13 Å². The minimum Gasteiger partial charge on any atom is -0.378 e. The second-order valence-corrected chi connectivity index (χ2v) is 3.53. The average Bonchev–Trinajstić information content (AvgIpc) is 2.54. The van der Waals surface area contributed by atoms with Gasteiger partial charge < -0.3 is 15.4 Å². The van der Waals surface area contributed by atoms with Gasteiger partial charge in [-0.25, -0.2) is 4.98 Å². The van der Waals surface area contributed by atoms with Crippen molar-refractivity contribution in [3.63, 3.8) is 0 Å². The molecule has 0 unspecified atom stereocenters. The van der Waals surface area contributed by atoms with Crippen LogP contribution >= 0.6 is 11.3 Å². The molecule has 1 aliphatic rings. The molecule has 4 nitrogen and oxygen atoms in total. The predicted molar refractivity (Wildman–Crippen MR) is 49.6 cm³/mol. The van der Waals surface area contributed by atoms with Gasteiger partial charge in [0.15, 0.2) is 5.13 Å². The third kappa shape index (κ3) is 1.51. The number of morpholine rings is 1. The van der Waals surface area contributed by atoms with Crippen LogP contribution in [0.25, 0.3) is 0 Å². The summed E-state index contributed by atoms with van der Waals surface area (Å²) < 4.78 is 5.23. The maximum absolute atomic E-state index is 5.53. The second-order valence-electron chi connectivity index (χ2n) is 2.64. The van der Waals surface area contributed by atoms with E-state index in [9.17, 15) is 0 Å². The molecule has 0 bridgehead atoms. The highest BCUT2D eigenvalue weighted by molar-refractivity contribution is 7.13. The van der Waals surface area contributed by atoms with Crippen molar-refractivity contribution in [2.75, 3.05) is 36.9 Å². The van der Waals surface area contributed by atoms with E-state index >= 15 is 0 Å². The lowest BCUT2D eigenvalue weighted by Crippen LogP contribution is -2.36. The largest absolute Gasteiger partial charge is 0.378 e. The lowest BCUT2D eigenvalue weighted by atomic mass is 10.4. The van der Waals surface area contributed by atoms with Crippen LogP contribution in [0.15, 0.2) is 5.38 Å². The topological polar surface area (TPSA) is 51.4 Å². The van der Waals surface area contributed by atoms with Crippen molar-refractivity contribution in [3.05, 3.63) is 5.38 Å². The van der Waals surface area contributed by atoms with Crippen molar-refractivity contribution in [2.45, 2.75) is 0 Å². The Bertz CT molecular complexity index is 257. The normalized spacial score (nSPS) is 18.2. The predicted octanol–water partition coefficient (Wildman–Crippen LogP) is 0.562. The molecule has 1 aromatic rings. The van der Waals surface area contributed by atoms with Crippen LogP contribution in [0.2, 0.25) is 0 Å². The molecule has 0 amide bonds.